The van der Waals surface area contributed by atoms with Crippen LogP contribution in [-0.4, -0.2) is 12.8 Å². The first kappa shape index (κ1) is 12.5. The van der Waals surface area contributed by atoms with Gasteiger partial charge in [0, 0.05) is 12.6 Å². The molecule has 1 aromatic rings. The van der Waals surface area contributed by atoms with Gasteiger partial charge in [0.15, 0.2) is 11.5 Å². The summed E-state index contributed by atoms with van der Waals surface area (Å²) in [6.45, 7) is 1.31. The highest BCUT2D eigenvalue weighted by molar-refractivity contribution is 5.44. The van der Waals surface area contributed by atoms with Crippen molar-refractivity contribution in [1.29, 1.82) is 0 Å². The molecule has 0 saturated heterocycles. The predicted molar refractivity (Wildman–Crippen MR) is 77.9 cm³/mol. The van der Waals surface area contributed by atoms with E-state index < -0.39 is 0 Å². The molecule has 20 heavy (non-hydrogen) atoms. The van der Waals surface area contributed by atoms with Crippen molar-refractivity contribution in [3.8, 4) is 11.5 Å². The quantitative estimate of drug-likeness (QED) is 0.912. The molecule has 1 spiro atoms. The SMILES string of the molecule is c1cc2c(cc1CNC1CCC13CCCCC3)OCO2. The van der Waals surface area contributed by atoms with E-state index in [-0.39, 0.29) is 0 Å². The van der Waals surface area contributed by atoms with Crippen molar-refractivity contribution in [2.24, 2.45) is 5.41 Å². The van der Waals surface area contributed by atoms with Crippen molar-refractivity contribution in [3.05, 3.63) is 23.8 Å². The van der Waals surface area contributed by atoms with Gasteiger partial charge in [-0.3, -0.25) is 0 Å². The summed E-state index contributed by atoms with van der Waals surface area (Å²) >= 11 is 0. The molecule has 108 valence electrons. The lowest BCUT2D eigenvalue weighted by molar-refractivity contribution is 0.0221. The molecule has 1 unspecified atom stereocenters. The van der Waals surface area contributed by atoms with Gasteiger partial charge in [-0.1, -0.05) is 25.3 Å². The van der Waals surface area contributed by atoms with Crippen LogP contribution in [0.3, 0.4) is 0 Å². The standard InChI is InChI=1S/C17H23NO2/c1-2-7-17(8-3-1)9-6-16(17)18-11-13-4-5-14-15(10-13)20-12-19-14/h4-5,10,16,18H,1-3,6-9,11-12H2. The second-order valence-corrected chi connectivity index (χ2v) is 6.58. The average Bonchev–Trinajstić information content (AvgIpc) is 2.95. The second kappa shape index (κ2) is 4.96. The van der Waals surface area contributed by atoms with Crippen molar-refractivity contribution in [3.63, 3.8) is 0 Å². The Balaban J connectivity index is 1.38. The Morgan fingerprint density at radius 3 is 2.70 bits per heavy atom. The fourth-order valence-corrected chi connectivity index (χ4v) is 4.16. The van der Waals surface area contributed by atoms with Gasteiger partial charge in [0.2, 0.25) is 6.79 Å². The molecule has 0 amide bonds. The predicted octanol–water partition coefficient (Wildman–Crippen LogP) is 3.62. The first-order valence-corrected chi connectivity index (χ1v) is 7.98. The molecule has 1 aromatic carbocycles. The highest BCUT2D eigenvalue weighted by Crippen LogP contribution is 2.51. The number of nitrogens with one attached hydrogen (secondary N) is 1. The molecule has 0 radical (unpaired) electrons. The Hall–Kier alpha value is -1.22. The maximum atomic E-state index is 5.45. The normalized spacial score (nSPS) is 26.5. The van der Waals surface area contributed by atoms with Crippen LogP contribution in [-0.2, 0) is 6.54 Å². The summed E-state index contributed by atoms with van der Waals surface area (Å²) in [5, 5.41) is 3.79. The Morgan fingerprint density at radius 1 is 1.05 bits per heavy atom. The number of ether oxygens (including phenoxy) is 2. The van der Waals surface area contributed by atoms with Crippen molar-refractivity contribution in [2.45, 2.75) is 57.5 Å². The van der Waals surface area contributed by atoms with Crippen LogP contribution >= 0.6 is 0 Å². The molecule has 3 aliphatic rings. The van der Waals surface area contributed by atoms with Crippen molar-refractivity contribution in [1.82, 2.24) is 5.32 Å². The van der Waals surface area contributed by atoms with Crippen molar-refractivity contribution < 1.29 is 9.47 Å². The third-order valence-corrected chi connectivity index (χ3v) is 5.51. The van der Waals surface area contributed by atoms with E-state index in [0.29, 0.717) is 12.2 Å². The third kappa shape index (κ3) is 2.08. The molecule has 1 N–H and O–H groups in total. The molecule has 2 saturated carbocycles. The molecule has 4 rings (SSSR count). The summed E-state index contributed by atoms with van der Waals surface area (Å²) in [4.78, 5) is 0. The summed E-state index contributed by atoms with van der Waals surface area (Å²) in [6, 6.07) is 7.01. The van der Waals surface area contributed by atoms with Crippen LogP contribution in [0.2, 0.25) is 0 Å². The number of hydrogen-bond acceptors (Lipinski definition) is 3. The molecule has 0 aromatic heterocycles. The van der Waals surface area contributed by atoms with Crippen LogP contribution in [0, 0.1) is 5.41 Å². The number of fused-ring (bicyclic) bond motifs is 1. The molecule has 2 aliphatic carbocycles. The van der Waals surface area contributed by atoms with E-state index in [9.17, 15) is 0 Å². The van der Waals surface area contributed by atoms with Crippen LogP contribution < -0.4 is 14.8 Å². The van der Waals surface area contributed by atoms with Gasteiger partial charge in [0.1, 0.15) is 0 Å². The minimum absolute atomic E-state index is 0.359. The maximum absolute atomic E-state index is 5.45. The molecule has 3 nitrogen and oxygen atoms in total. The van der Waals surface area contributed by atoms with Gasteiger partial charge in [-0.25, -0.2) is 0 Å². The Kier molecular flexibility index (Phi) is 3.10. The summed E-state index contributed by atoms with van der Waals surface area (Å²) < 4.78 is 10.8. The molecule has 3 heteroatoms. The van der Waals surface area contributed by atoms with E-state index in [1.807, 2.05) is 6.07 Å². The Bertz CT molecular complexity index is 494. The van der Waals surface area contributed by atoms with E-state index in [1.165, 1.54) is 50.5 Å². The summed E-state index contributed by atoms with van der Waals surface area (Å²) in [7, 11) is 0. The molecular weight excluding hydrogens is 250 g/mol. The smallest absolute Gasteiger partial charge is 0.231 e. The minimum atomic E-state index is 0.359. The van der Waals surface area contributed by atoms with E-state index in [4.69, 9.17) is 9.47 Å². The van der Waals surface area contributed by atoms with Crippen molar-refractivity contribution in [2.75, 3.05) is 6.79 Å². The number of hydrogen-bond donors (Lipinski definition) is 1. The average molecular weight is 273 g/mol. The molecule has 1 heterocycles. The van der Waals surface area contributed by atoms with Crippen LogP contribution in [0.15, 0.2) is 18.2 Å². The van der Waals surface area contributed by atoms with E-state index >= 15 is 0 Å². The monoisotopic (exact) mass is 273 g/mol. The fraction of sp³-hybridized carbons (Fsp3) is 0.647. The van der Waals surface area contributed by atoms with Crippen LogP contribution in [0.4, 0.5) is 0 Å². The first-order valence-electron chi connectivity index (χ1n) is 7.98. The maximum Gasteiger partial charge on any atom is 0.231 e. The Labute approximate surface area is 120 Å². The number of rotatable bonds is 3. The zero-order valence-electron chi connectivity index (χ0n) is 12.0. The first-order chi connectivity index (χ1) is 9.86. The van der Waals surface area contributed by atoms with Crippen molar-refractivity contribution >= 4 is 0 Å². The summed E-state index contributed by atoms with van der Waals surface area (Å²) in [5.41, 5.74) is 1.93. The highest BCUT2D eigenvalue weighted by atomic mass is 16.7. The largest absolute Gasteiger partial charge is 0.454 e. The van der Waals surface area contributed by atoms with Gasteiger partial charge in [0.25, 0.3) is 0 Å². The summed E-state index contributed by atoms with van der Waals surface area (Å²) in [6.07, 6.45) is 9.97. The molecule has 0 bridgehead atoms. The molecule has 2 fully saturated rings. The van der Waals surface area contributed by atoms with Crippen LogP contribution in [0.25, 0.3) is 0 Å². The van der Waals surface area contributed by atoms with Gasteiger partial charge in [-0.2, -0.15) is 0 Å². The van der Waals surface area contributed by atoms with Crippen LogP contribution in [0.1, 0.15) is 50.5 Å². The second-order valence-electron chi connectivity index (χ2n) is 6.58. The highest BCUT2D eigenvalue weighted by Gasteiger charge is 2.46. The van der Waals surface area contributed by atoms with Gasteiger partial charge < -0.3 is 14.8 Å². The lowest BCUT2D eigenvalue weighted by Gasteiger charge is -2.52. The van der Waals surface area contributed by atoms with Crippen LogP contribution in [0.5, 0.6) is 11.5 Å². The topological polar surface area (TPSA) is 30.5 Å². The van der Waals surface area contributed by atoms with Gasteiger partial charge in [-0.05, 0) is 48.8 Å². The Morgan fingerprint density at radius 2 is 1.90 bits per heavy atom. The lowest BCUT2D eigenvalue weighted by atomic mass is 9.57. The zero-order chi connectivity index (χ0) is 13.4. The lowest BCUT2D eigenvalue weighted by Crippen LogP contribution is -2.53. The van der Waals surface area contributed by atoms with E-state index in [2.05, 4.69) is 17.4 Å². The fourth-order valence-electron chi connectivity index (χ4n) is 4.16. The van der Waals surface area contributed by atoms with Gasteiger partial charge >= 0.3 is 0 Å². The van der Waals surface area contributed by atoms with E-state index in [0.717, 1.165) is 24.1 Å². The molecule has 1 aliphatic heterocycles. The molecular formula is C17H23NO2. The third-order valence-electron chi connectivity index (χ3n) is 5.51. The molecule has 1 atom stereocenters. The summed E-state index contributed by atoms with van der Waals surface area (Å²) in [5.74, 6) is 1.77. The zero-order valence-corrected chi connectivity index (χ0v) is 12.0. The minimum Gasteiger partial charge on any atom is -0.454 e. The van der Waals surface area contributed by atoms with Gasteiger partial charge in [0.05, 0.1) is 0 Å². The van der Waals surface area contributed by atoms with E-state index in [1.54, 1.807) is 0 Å². The van der Waals surface area contributed by atoms with Gasteiger partial charge in [-0.15, -0.1) is 0 Å². The number of benzene rings is 1.